The van der Waals surface area contributed by atoms with Crippen molar-refractivity contribution in [2.24, 2.45) is 0 Å². The maximum atomic E-state index is 12.3. The maximum Gasteiger partial charge on any atom is 0.348 e. The van der Waals surface area contributed by atoms with Gasteiger partial charge in [0.2, 0.25) is 0 Å². The van der Waals surface area contributed by atoms with Crippen LogP contribution in [0.1, 0.15) is 9.67 Å². The summed E-state index contributed by atoms with van der Waals surface area (Å²) in [6.07, 6.45) is 0. The third kappa shape index (κ3) is 4.71. The minimum Gasteiger partial charge on any atom is -0.451 e. The van der Waals surface area contributed by atoms with E-state index in [2.05, 4.69) is 10.3 Å². The number of carbonyl (C=O) groups is 2. The van der Waals surface area contributed by atoms with Crippen molar-refractivity contribution < 1.29 is 19.2 Å². The zero-order chi connectivity index (χ0) is 22.0. The topological polar surface area (TPSA) is 111 Å². The van der Waals surface area contributed by atoms with Gasteiger partial charge in [0.05, 0.1) is 30.7 Å². The summed E-state index contributed by atoms with van der Waals surface area (Å²) < 4.78 is 6.10. The summed E-state index contributed by atoms with van der Waals surface area (Å²) in [5.41, 5.74) is 0.723. The van der Waals surface area contributed by atoms with Crippen LogP contribution >= 0.6 is 34.3 Å². The highest BCUT2D eigenvalue weighted by molar-refractivity contribution is 7.26. The number of non-ortho nitro benzene ring substituents is 1. The molecule has 0 fully saturated rings. The maximum absolute atomic E-state index is 12.3. The Bertz CT molecular complexity index is 1280. The molecule has 0 atom stereocenters. The first kappa shape index (κ1) is 20.9. The monoisotopic (exact) mass is 473 g/mol. The van der Waals surface area contributed by atoms with Crippen molar-refractivity contribution in [1.29, 1.82) is 0 Å². The van der Waals surface area contributed by atoms with Gasteiger partial charge in [-0.15, -0.1) is 22.7 Å². The van der Waals surface area contributed by atoms with Gasteiger partial charge in [0.15, 0.2) is 6.61 Å². The van der Waals surface area contributed by atoms with Crippen molar-refractivity contribution in [1.82, 2.24) is 4.98 Å². The Morgan fingerprint density at radius 2 is 1.94 bits per heavy atom. The molecular weight excluding hydrogens is 462 g/mol. The average molecular weight is 474 g/mol. The zero-order valence-corrected chi connectivity index (χ0v) is 17.9. The van der Waals surface area contributed by atoms with Gasteiger partial charge in [-0.2, -0.15) is 0 Å². The van der Waals surface area contributed by atoms with E-state index in [1.165, 1.54) is 34.8 Å². The van der Waals surface area contributed by atoms with E-state index in [1.54, 1.807) is 12.1 Å². The van der Waals surface area contributed by atoms with Gasteiger partial charge in [-0.25, -0.2) is 9.78 Å². The van der Waals surface area contributed by atoms with Crippen LogP contribution in [-0.4, -0.2) is 28.4 Å². The molecule has 8 nitrogen and oxygen atoms in total. The van der Waals surface area contributed by atoms with Gasteiger partial charge in [0.25, 0.3) is 11.6 Å². The Morgan fingerprint density at radius 1 is 1.13 bits per heavy atom. The normalized spacial score (nSPS) is 10.7. The summed E-state index contributed by atoms with van der Waals surface area (Å²) in [5, 5.41) is 14.2. The highest BCUT2D eigenvalue weighted by Crippen LogP contribution is 2.34. The molecule has 1 amide bonds. The average Bonchev–Trinajstić information content (AvgIpc) is 3.40. The minimum absolute atomic E-state index is 0.0613. The Labute approximate surface area is 188 Å². The van der Waals surface area contributed by atoms with Crippen LogP contribution in [0.2, 0.25) is 5.02 Å². The molecular formula is C20H12ClN3O5S2. The number of nitro benzene ring substituents is 1. The van der Waals surface area contributed by atoms with Crippen LogP contribution in [0.4, 0.5) is 11.4 Å². The number of hydrogen-bond acceptors (Lipinski definition) is 8. The number of rotatable bonds is 6. The highest BCUT2D eigenvalue weighted by Gasteiger charge is 2.17. The Kier molecular flexibility index (Phi) is 5.94. The second-order valence-corrected chi connectivity index (χ2v) is 8.72. The summed E-state index contributed by atoms with van der Waals surface area (Å²) in [6, 6.07) is 14.8. The largest absolute Gasteiger partial charge is 0.451 e. The second-order valence-electron chi connectivity index (χ2n) is 6.20. The van der Waals surface area contributed by atoms with E-state index in [4.69, 9.17) is 16.3 Å². The Hall–Kier alpha value is -3.34. The number of halogens is 1. The van der Waals surface area contributed by atoms with E-state index in [0.717, 1.165) is 26.2 Å². The summed E-state index contributed by atoms with van der Waals surface area (Å²) in [7, 11) is 0. The van der Waals surface area contributed by atoms with Crippen molar-refractivity contribution in [2.75, 3.05) is 11.9 Å². The third-order valence-electron chi connectivity index (χ3n) is 4.08. The Balaban J connectivity index is 1.38. The van der Waals surface area contributed by atoms with E-state index < -0.39 is 23.4 Å². The van der Waals surface area contributed by atoms with Crippen LogP contribution in [0.15, 0.2) is 54.6 Å². The van der Waals surface area contributed by atoms with Gasteiger partial charge in [-0.3, -0.25) is 14.9 Å². The molecule has 0 saturated carbocycles. The number of nitrogens with zero attached hydrogens (tertiary/aromatic N) is 2. The molecule has 11 heteroatoms. The number of nitrogens with one attached hydrogen (secondary N) is 1. The molecule has 2 heterocycles. The number of para-hydroxylation sites is 1. The second kappa shape index (κ2) is 8.80. The number of esters is 1. The Morgan fingerprint density at radius 3 is 2.71 bits per heavy atom. The molecule has 156 valence electrons. The third-order valence-corrected chi connectivity index (χ3v) is 6.68. The summed E-state index contributed by atoms with van der Waals surface area (Å²) >= 11 is 8.69. The summed E-state index contributed by atoms with van der Waals surface area (Å²) in [4.78, 5) is 40.3. The molecule has 1 N–H and O–H groups in total. The van der Waals surface area contributed by atoms with E-state index in [0.29, 0.717) is 4.88 Å². The molecule has 0 unspecified atom stereocenters. The summed E-state index contributed by atoms with van der Waals surface area (Å²) in [6.45, 7) is -0.563. The molecule has 0 bridgehead atoms. The predicted molar refractivity (Wildman–Crippen MR) is 120 cm³/mol. The number of aromatic nitrogens is 1. The zero-order valence-electron chi connectivity index (χ0n) is 15.5. The van der Waals surface area contributed by atoms with Gasteiger partial charge >= 0.3 is 5.97 Å². The standard InChI is InChI=1S/C20H12ClN3O5S2/c21-12-6-5-11(24(27)28)9-14(12)22-18(25)10-29-20(26)17-8-7-16(30-17)19-23-13-3-1-2-4-15(13)31-19/h1-9H,10H2,(H,22,25). The SMILES string of the molecule is O=C(COC(=O)c1ccc(-c2nc3ccccc3s2)s1)Nc1cc([N+](=O)[O-])ccc1Cl. The molecule has 0 aliphatic carbocycles. The van der Waals surface area contributed by atoms with E-state index in [9.17, 15) is 19.7 Å². The molecule has 0 spiro atoms. The first-order valence-electron chi connectivity index (χ1n) is 8.77. The van der Waals surface area contributed by atoms with Crippen molar-refractivity contribution in [2.45, 2.75) is 0 Å². The van der Waals surface area contributed by atoms with Crippen molar-refractivity contribution >= 4 is 67.7 Å². The molecule has 0 aliphatic rings. The lowest BCUT2D eigenvalue weighted by Crippen LogP contribution is -2.20. The number of carbonyl (C=O) groups excluding carboxylic acids is 2. The molecule has 0 aliphatic heterocycles. The number of ether oxygens (including phenoxy) is 1. The lowest BCUT2D eigenvalue weighted by Gasteiger charge is -2.07. The number of anilines is 1. The fourth-order valence-electron chi connectivity index (χ4n) is 2.65. The first-order chi connectivity index (χ1) is 14.9. The molecule has 2 aromatic carbocycles. The van der Waals surface area contributed by atoms with Gasteiger partial charge in [-0.1, -0.05) is 23.7 Å². The van der Waals surface area contributed by atoms with Crippen molar-refractivity contribution in [3.63, 3.8) is 0 Å². The number of benzene rings is 2. The number of amides is 1. The minimum atomic E-state index is -0.668. The predicted octanol–water partition coefficient (Wildman–Crippen LogP) is 5.38. The van der Waals surface area contributed by atoms with Crippen LogP contribution in [0.25, 0.3) is 20.1 Å². The quantitative estimate of drug-likeness (QED) is 0.228. The highest BCUT2D eigenvalue weighted by atomic mass is 35.5. The molecule has 4 rings (SSSR count). The lowest BCUT2D eigenvalue weighted by atomic mass is 10.3. The number of thiophene rings is 1. The van der Waals surface area contributed by atoms with Crippen LogP contribution in [0, 0.1) is 10.1 Å². The number of hydrogen-bond donors (Lipinski definition) is 1. The fourth-order valence-corrected chi connectivity index (χ4v) is 4.74. The number of thiazole rings is 1. The van der Waals surface area contributed by atoms with Crippen molar-refractivity contribution in [3.8, 4) is 9.88 Å². The van der Waals surface area contributed by atoms with Crippen molar-refractivity contribution in [3.05, 3.63) is 74.6 Å². The molecule has 4 aromatic rings. The molecule has 0 radical (unpaired) electrons. The van der Waals surface area contributed by atoms with Crippen LogP contribution in [0.3, 0.4) is 0 Å². The molecule has 31 heavy (non-hydrogen) atoms. The fraction of sp³-hybridized carbons (Fsp3) is 0.0500. The number of fused-ring (bicyclic) bond motifs is 1. The molecule has 0 saturated heterocycles. The van der Waals surface area contributed by atoms with Gasteiger partial charge in [-0.05, 0) is 30.3 Å². The van der Waals surface area contributed by atoms with Gasteiger partial charge in [0.1, 0.15) is 9.88 Å². The summed E-state index contributed by atoms with van der Waals surface area (Å²) in [5.74, 6) is -1.32. The van der Waals surface area contributed by atoms with E-state index in [1.807, 2.05) is 24.3 Å². The first-order valence-corrected chi connectivity index (χ1v) is 10.8. The lowest BCUT2D eigenvalue weighted by molar-refractivity contribution is -0.384. The van der Waals surface area contributed by atoms with Crippen LogP contribution < -0.4 is 5.32 Å². The number of nitro groups is 1. The van der Waals surface area contributed by atoms with Gasteiger partial charge < -0.3 is 10.1 Å². The smallest absolute Gasteiger partial charge is 0.348 e. The van der Waals surface area contributed by atoms with Gasteiger partial charge in [0, 0.05) is 12.1 Å². The molecule has 2 aromatic heterocycles. The van der Waals surface area contributed by atoms with E-state index in [-0.39, 0.29) is 16.4 Å². The van der Waals surface area contributed by atoms with E-state index >= 15 is 0 Å². The van der Waals surface area contributed by atoms with Crippen LogP contribution in [0.5, 0.6) is 0 Å². The van der Waals surface area contributed by atoms with Crippen LogP contribution in [-0.2, 0) is 9.53 Å².